The van der Waals surface area contributed by atoms with Gasteiger partial charge in [-0.2, -0.15) is 5.26 Å². The molecule has 3 rings (SSSR count). The number of thiazole rings is 1. The lowest BCUT2D eigenvalue weighted by molar-refractivity contribution is 0.114. The maximum atomic E-state index is 8.96. The van der Waals surface area contributed by atoms with Crippen LogP contribution in [0.2, 0.25) is 0 Å². The van der Waals surface area contributed by atoms with Gasteiger partial charge in [-0.25, -0.2) is 4.98 Å². The lowest BCUT2D eigenvalue weighted by atomic mass is 10.2. The van der Waals surface area contributed by atoms with E-state index in [0.29, 0.717) is 0 Å². The van der Waals surface area contributed by atoms with E-state index < -0.39 is 0 Å². The number of nitrogens with zero attached hydrogens (tertiary/aromatic N) is 4. The summed E-state index contributed by atoms with van der Waals surface area (Å²) in [7, 11) is 0. The number of hydrogen-bond acceptors (Lipinski definition) is 5. The Balaban J connectivity index is 1.61. The van der Waals surface area contributed by atoms with Gasteiger partial charge >= 0.3 is 0 Å². The van der Waals surface area contributed by atoms with E-state index >= 15 is 0 Å². The average molecular weight is 286 g/mol. The molecule has 1 atom stereocenters. The van der Waals surface area contributed by atoms with Crippen LogP contribution in [-0.2, 0) is 6.54 Å². The van der Waals surface area contributed by atoms with Crippen LogP contribution < -0.4 is 0 Å². The first-order valence-corrected chi connectivity index (χ1v) is 7.78. The van der Waals surface area contributed by atoms with Gasteiger partial charge in [0.2, 0.25) is 0 Å². The zero-order valence-corrected chi connectivity index (χ0v) is 12.4. The Labute approximate surface area is 123 Å². The predicted molar refractivity (Wildman–Crippen MR) is 81.5 cm³/mol. The highest BCUT2D eigenvalue weighted by Crippen LogP contribution is 2.23. The van der Waals surface area contributed by atoms with E-state index in [1.807, 2.05) is 13.0 Å². The molecule has 0 bridgehead atoms. The molecule has 1 fully saturated rings. The van der Waals surface area contributed by atoms with Gasteiger partial charge in [0.05, 0.1) is 28.9 Å². The molecule has 20 heavy (non-hydrogen) atoms. The van der Waals surface area contributed by atoms with Gasteiger partial charge in [-0.05, 0) is 19.1 Å². The minimum atomic E-state index is 0.0274. The Kier molecular flexibility index (Phi) is 3.97. The summed E-state index contributed by atoms with van der Waals surface area (Å²) in [4.78, 5) is 9.36. The maximum Gasteiger partial charge on any atom is 0.108 e. The van der Waals surface area contributed by atoms with Gasteiger partial charge in [-0.1, -0.05) is 12.1 Å². The van der Waals surface area contributed by atoms with Crippen molar-refractivity contribution in [2.24, 2.45) is 0 Å². The molecule has 0 spiro atoms. The van der Waals surface area contributed by atoms with Crippen LogP contribution in [0.15, 0.2) is 24.3 Å². The van der Waals surface area contributed by atoms with Crippen molar-refractivity contribution in [2.45, 2.75) is 19.5 Å². The molecular formula is C15H18N4S. The van der Waals surface area contributed by atoms with E-state index in [2.05, 4.69) is 39.1 Å². The fourth-order valence-electron chi connectivity index (χ4n) is 2.57. The van der Waals surface area contributed by atoms with Crippen molar-refractivity contribution in [3.63, 3.8) is 0 Å². The summed E-state index contributed by atoms with van der Waals surface area (Å²) in [5, 5.41) is 10.1. The third kappa shape index (κ3) is 2.83. The van der Waals surface area contributed by atoms with Crippen molar-refractivity contribution in [3.05, 3.63) is 29.3 Å². The monoisotopic (exact) mass is 286 g/mol. The Morgan fingerprint density at radius 3 is 2.75 bits per heavy atom. The van der Waals surface area contributed by atoms with Gasteiger partial charge in [-0.15, -0.1) is 11.3 Å². The van der Waals surface area contributed by atoms with Crippen molar-refractivity contribution >= 4 is 21.6 Å². The highest BCUT2D eigenvalue weighted by molar-refractivity contribution is 7.18. The van der Waals surface area contributed by atoms with Crippen LogP contribution in [0.4, 0.5) is 0 Å². The summed E-state index contributed by atoms with van der Waals surface area (Å²) >= 11 is 1.78. The molecule has 2 aromatic rings. The minimum absolute atomic E-state index is 0.0274. The van der Waals surface area contributed by atoms with E-state index in [1.54, 1.807) is 11.3 Å². The first-order valence-electron chi connectivity index (χ1n) is 6.97. The Morgan fingerprint density at radius 2 is 2.05 bits per heavy atom. The Hall–Kier alpha value is -1.48. The first kappa shape index (κ1) is 13.5. The quantitative estimate of drug-likeness (QED) is 0.868. The zero-order valence-electron chi connectivity index (χ0n) is 11.6. The average Bonchev–Trinajstić information content (AvgIpc) is 2.89. The lowest BCUT2D eigenvalue weighted by Crippen LogP contribution is -2.48. The zero-order chi connectivity index (χ0) is 13.9. The smallest absolute Gasteiger partial charge is 0.108 e. The van der Waals surface area contributed by atoms with Gasteiger partial charge in [-0.3, -0.25) is 9.80 Å². The van der Waals surface area contributed by atoms with Crippen LogP contribution in [0.5, 0.6) is 0 Å². The van der Waals surface area contributed by atoms with E-state index in [-0.39, 0.29) is 6.04 Å². The van der Waals surface area contributed by atoms with E-state index in [4.69, 9.17) is 5.26 Å². The molecule has 1 aliphatic rings. The minimum Gasteiger partial charge on any atom is -0.294 e. The summed E-state index contributed by atoms with van der Waals surface area (Å²) in [6, 6.07) is 10.6. The largest absolute Gasteiger partial charge is 0.294 e. The summed E-state index contributed by atoms with van der Waals surface area (Å²) in [5.74, 6) is 0. The van der Waals surface area contributed by atoms with Gasteiger partial charge < -0.3 is 0 Å². The second-order valence-electron chi connectivity index (χ2n) is 5.19. The third-order valence-corrected chi connectivity index (χ3v) is 4.86. The molecule has 5 heteroatoms. The van der Waals surface area contributed by atoms with Crippen LogP contribution in [0.3, 0.4) is 0 Å². The van der Waals surface area contributed by atoms with Crippen molar-refractivity contribution in [2.75, 3.05) is 26.2 Å². The number of aromatic nitrogens is 1. The number of nitriles is 1. The van der Waals surface area contributed by atoms with E-state index in [9.17, 15) is 0 Å². The number of rotatable bonds is 3. The summed E-state index contributed by atoms with van der Waals surface area (Å²) in [6.45, 7) is 6.88. The maximum absolute atomic E-state index is 8.96. The van der Waals surface area contributed by atoms with Crippen LogP contribution >= 0.6 is 11.3 Å². The second-order valence-corrected chi connectivity index (χ2v) is 6.31. The molecule has 0 amide bonds. The van der Waals surface area contributed by atoms with Crippen molar-refractivity contribution < 1.29 is 0 Å². The van der Waals surface area contributed by atoms with Crippen molar-refractivity contribution in [1.29, 1.82) is 5.26 Å². The van der Waals surface area contributed by atoms with Crippen LogP contribution in [0.1, 0.15) is 11.9 Å². The Morgan fingerprint density at radius 1 is 1.30 bits per heavy atom. The number of hydrogen-bond donors (Lipinski definition) is 0. The molecule has 0 aliphatic carbocycles. The Bertz CT molecular complexity index is 589. The van der Waals surface area contributed by atoms with Gasteiger partial charge in [0.1, 0.15) is 5.01 Å². The summed E-state index contributed by atoms with van der Waals surface area (Å²) < 4.78 is 1.26. The molecule has 0 radical (unpaired) electrons. The van der Waals surface area contributed by atoms with E-state index in [0.717, 1.165) is 38.2 Å². The van der Waals surface area contributed by atoms with Gasteiger partial charge in [0.25, 0.3) is 0 Å². The third-order valence-electron chi connectivity index (χ3n) is 3.84. The summed E-state index contributed by atoms with van der Waals surface area (Å²) in [5.41, 5.74) is 1.10. The number of para-hydroxylation sites is 1. The standard InChI is InChI=1S/C15H18N4S/c1-12(10-16)19-8-6-18(7-9-19)11-15-17-13-4-2-3-5-14(13)20-15/h2-5,12H,6-9,11H2,1H3/t12-/m1/s1. The molecule has 2 heterocycles. The first-order chi connectivity index (χ1) is 9.76. The molecule has 1 aromatic heterocycles. The SMILES string of the molecule is C[C@H](C#N)N1CCN(Cc2nc3ccccc3s2)CC1. The number of fused-ring (bicyclic) bond motifs is 1. The highest BCUT2D eigenvalue weighted by atomic mass is 32.1. The molecule has 104 valence electrons. The lowest BCUT2D eigenvalue weighted by Gasteiger charge is -2.35. The van der Waals surface area contributed by atoms with E-state index in [1.165, 1.54) is 9.71 Å². The second kappa shape index (κ2) is 5.88. The normalized spacial score (nSPS) is 19.0. The predicted octanol–water partition coefficient (Wildman–Crippen LogP) is 2.33. The van der Waals surface area contributed by atoms with Crippen LogP contribution in [0.25, 0.3) is 10.2 Å². The van der Waals surface area contributed by atoms with Gasteiger partial charge in [0, 0.05) is 26.2 Å². The fourth-order valence-corrected chi connectivity index (χ4v) is 3.58. The van der Waals surface area contributed by atoms with Crippen LogP contribution in [0, 0.1) is 11.3 Å². The number of benzene rings is 1. The van der Waals surface area contributed by atoms with Crippen molar-refractivity contribution in [1.82, 2.24) is 14.8 Å². The molecule has 1 aliphatic heterocycles. The van der Waals surface area contributed by atoms with Crippen LogP contribution in [-0.4, -0.2) is 47.0 Å². The van der Waals surface area contributed by atoms with Crippen molar-refractivity contribution in [3.8, 4) is 6.07 Å². The topological polar surface area (TPSA) is 43.2 Å². The molecule has 1 aromatic carbocycles. The fraction of sp³-hybridized carbons (Fsp3) is 0.467. The molecular weight excluding hydrogens is 268 g/mol. The highest BCUT2D eigenvalue weighted by Gasteiger charge is 2.21. The molecule has 4 nitrogen and oxygen atoms in total. The van der Waals surface area contributed by atoms with Gasteiger partial charge in [0.15, 0.2) is 0 Å². The molecule has 1 saturated heterocycles. The number of piperazine rings is 1. The molecule has 0 saturated carbocycles. The summed E-state index contributed by atoms with van der Waals surface area (Å²) in [6.07, 6.45) is 0. The molecule has 0 N–H and O–H groups in total. The molecule has 0 unspecified atom stereocenters.